The number of ether oxygens (including phenoxy) is 1. The highest BCUT2D eigenvalue weighted by molar-refractivity contribution is 6.31. The molecule has 0 aliphatic heterocycles. The number of nitrogens with zero attached hydrogens (tertiary/aromatic N) is 2. The average molecular weight is 359 g/mol. The highest BCUT2D eigenvalue weighted by Gasteiger charge is 2.06. The SMILES string of the molecule is COc1cccc(Nc2cc(Nc3ccc(F)c(Cl)c3)nc(C)n2)c1. The number of aryl methyl sites for hydroxylation is 1. The van der Waals surface area contributed by atoms with Crippen LogP contribution in [0.4, 0.5) is 27.4 Å². The molecule has 25 heavy (non-hydrogen) atoms. The van der Waals surface area contributed by atoms with Gasteiger partial charge in [-0.1, -0.05) is 17.7 Å². The summed E-state index contributed by atoms with van der Waals surface area (Å²) in [6.07, 6.45) is 0. The summed E-state index contributed by atoms with van der Waals surface area (Å²) in [5, 5.41) is 6.35. The zero-order chi connectivity index (χ0) is 17.8. The van der Waals surface area contributed by atoms with Crippen molar-refractivity contribution in [2.45, 2.75) is 6.92 Å². The first-order valence-electron chi connectivity index (χ1n) is 7.52. The maximum absolute atomic E-state index is 13.3. The van der Waals surface area contributed by atoms with Gasteiger partial charge in [0.05, 0.1) is 12.1 Å². The Morgan fingerprint density at radius 2 is 1.64 bits per heavy atom. The van der Waals surface area contributed by atoms with Crippen molar-refractivity contribution in [3.63, 3.8) is 0 Å². The number of hydrogen-bond donors (Lipinski definition) is 2. The molecule has 0 atom stereocenters. The molecule has 7 heteroatoms. The summed E-state index contributed by atoms with van der Waals surface area (Å²) < 4.78 is 18.5. The van der Waals surface area contributed by atoms with Crippen LogP contribution in [-0.4, -0.2) is 17.1 Å². The van der Waals surface area contributed by atoms with E-state index in [1.807, 2.05) is 24.3 Å². The van der Waals surface area contributed by atoms with Gasteiger partial charge in [-0.05, 0) is 37.3 Å². The monoisotopic (exact) mass is 358 g/mol. The summed E-state index contributed by atoms with van der Waals surface area (Å²) >= 11 is 5.81. The van der Waals surface area contributed by atoms with Gasteiger partial charge in [0, 0.05) is 23.5 Å². The lowest BCUT2D eigenvalue weighted by Crippen LogP contribution is -2.01. The number of halogens is 2. The summed E-state index contributed by atoms with van der Waals surface area (Å²) in [4.78, 5) is 8.70. The van der Waals surface area contributed by atoms with Crippen molar-refractivity contribution in [1.82, 2.24) is 9.97 Å². The molecule has 128 valence electrons. The first-order chi connectivity index (χ1) is 12.0. The molecule has 0 amide bonds. The molecule has 5 nitrogen and oxygen atoms in total. The molecule has 2 aromatic carbocycles. The van der Waals surface area contributed by atoms with Crippen LogP contribution in [0.3, 0.4) is 0 Å². The third kappa shape index (κ3) is 4.36. The Bertz CT molecular complexity index is 904. The molecular weight excluding hydrogens is 343 g/mol. The second-order valence-corrected chi connectivity index (χ2v) is 5.70. The predicted molar refractivity (Wildman–Crippen MR) is 97.7 cm³/mol. The largest absolute Gasteiger partial charge is 0.497 e. The first kappa shape index (κ1) is 17.0. The van der Waals surface area contributed by atoms with E-state index in [2.05, 4.69) is 20.6 Å². The van der Waals surface area contributed by atoms with Gasteiger partial charge in [0.2, 0.25) is 0 Å². The lowest BCUT2D eigenvalue weighted by molar-refractivity contribution is 0.415. The highest BCUT2D eigenvalue weighted by atomic mass is 35.5. The fraction of sp³-hybridized carbons (Fsp3) is 0.111. The van der Waals surface area contributed by atoms with Gasteiger partial charge in [0.25, 0.3) is 0 Å². The maximum Gasteiger partial charge on any atom is 0.141 e. The normalized spacial score (nSPS) is 10.4. The van der Waals surface area contributed by atoms with Crippen LogP contribution < -0.4 is 15.4 Å². The molecule has 0 spiro atoms. The molecule has 0 fully saturated rings. The fourth-order valence-electron chi connectivity index (χ4n) is 2.27. The standard InChI is InChI=1S/C18H16ClFN4O/c1-11-21-17(23-12-4-3-5-14(8-12)25-2)10-18(22-11)24-13-6-7-16(20)15(19)9-13/h3-10H,1-2H3,(H2,21,22,23,24). The Labute approximate surface area is 149 Å². The van der Waals surface area contributed by atoms with Crippen LogP contribution >= 0.6 is 11.6 Å². The molecule has 1 aromatic heterocycles. The first-order valence-corrected chi connectivity index (χ1v) is 7.90. The van der Waals surface area contributed by atoms with E-state index in [1.165, 1.54) is 12.1 Å². The van der Waals surface area contributed by atoms with Crippen molar-refractivity contribution in [2.24, 2.45) is 0 Å². The van der Waals surface area contributed by atoms with Gasteiger partial charge in [0.1, 0.15) is 29.0 Å². The van der Waals surface area contributed by atoms with Crippen LogP contribution in [0.15, 0.2) is 48.5 Å². The number of anilines is 4. The van der Waals surface area contributed by atoms with Crippen molar-refractivity contribution in [1.29, 1.82) is 0 Å². The molecule has 0 saturated heterocycles. The molecule has 0 aliphatic rings. The van der Waals surface area contributed by atoms with E-state index in [9.17, 15) is 4.39 Å². The molecule has 0 unspecified atom stereocenters. The maximum atomic E-state index is 13.3. The van der Waals surface area contributed by atoms with Crippen molar-refractivity contribution < 1.29 is 9.13 Å². The van der Waals surface area contributed by atoms with Gasteiger partial charge in [-0.3, -0.25) is 0 Å². The van der Waals surface area contributed by atoms with Crippen LogP contribution in [0.25, 0.3) is 0 Å². The van der Waals surface area contributed by atoms with E-state index in [1.54, 1.807) is 26.2 Å². The van der Waals surface area contributed by atoms with E-state index in [4.69, 9.17) is 16.3 Å². The van der Waals surface area contributed by atoms with Gasteiger partial charge in [-0.15, -0.1) is 0 Å². The highest BCUT2D eigenvalue weighted by Crippen LogP contribution is 2.25. The number of nitrogens with one attached hydrogen (secondary N) is 2. The van der Waals surface area contributed by atoms with Crippen molar-refractivity contribution in [3.05, 3.63) is 65.2 Å². The second kappa shape index (κ2) is 7.36. The summed E-state index contributed by atoms with van der Waals surface area (Å²) in [5.74, 6) is 2.06. The quantitative estimate of drug-likeness (QED) is 0.666. The third-order valence-corrected chi connectivity index (χ3v) is 3.66. The number of rotatable bonds is 5. The van der Waals surface area contributed by atoms with Crippen LogP contribution in [0.5, 0.6) is 5.75 Å². The van der Waals surface area contributed by atoms with Crippen LogP contribution in [0.2, 0.25) is 5.02 Å². The average Bonchev–Trinajstić information content (AvgIpc) is 2.58. The Morgan fingerprint density at radius 3 is 2.28 bits per heavy atom. The Hall–Kier alpha value is -2.86. The third-order valence-electron chi connectivity index (χ3n) is 3.37. The predicted octanol–water partition coefficient (Wildman–Crippen LogP) is 5.07. The molecule has 0 aliphatic carbocycles. The van der Waals surface area contributed by atoms with Crippen LogP contribution in [0.1, 0.15) is 5.82 Å². The molecule has 3 rings (SSSR count). The number of hydrogen-bond acceptors (Lipinski definition) is 5. The van der Waals surface area contributed by atoms with E-state index >= 15 is 0 Å². The fourth-order valence-corrected chi connectivity index (χ4v) is 2.45. The van der Waals surface area contributed by atoms with Crippen LogP contribution in [0, 0.1) is 12.7 Å². The lowest BCUT2D eigenvalue weighted by Gasteiger charge is -2.11. The Morgan fingerprint density at radius 1 is 0.960 bits per heavy atom. The van der Waals surface area contributed by atoms with Gasteiger partial charge < -0.3 is 15.4 Å². The lowest BCUT2D eigenvalue weighted by atomic mass is 10.3. The molecule has 0 radical (unpaired) electrons. The smallest absolute Gasteiger partial charge is 0.141 e. The molecular formula is C18H16ClFN4O. The van der Waals surface area contributed by atoms with Crippen LogP contribution in [-0.2, 0) is 0 Å². The topological polar surface area (TPSA) is 59.1 Å². The van der Waals surface area contributed by atoms with E-state index < -0.39 is 5.82 Å². The van der Waals surface area contributed by atoms with Gasteiger partial charge in [-0.25, -0.2) is 14.4 Å². The zero-order valence-corrected chi connectivity index (χ0v) is 14.4. The minimum Gasteiger partial charge on any atom is -0.497 e. The second-order valence-electron chi connectivity index (χ2n) is 5.30. The van der Waals surface area contributed by atoms with Gasteiger partial charge in [0.15, 0.2) is 0 Å². The van der Waals surface area contributed by atoms with E-state index in [-0.39, 0.29) is 5.02 Å². The van der Waals surface area contributed by atoms with Gasteiger partial charge >= 0.3 is 0 Å². The van der Waals surface area contributed by atoms with Crippen molar-refractivity contribution in [3.8, 4) is 5.75 Å². The Kier molecular flexibility index (Phi) is 5.00. The molecule has 3 aromatic rings. The van der Waals surface area contributed by atoms with E-state index in [0.717, 1.165) is 11.4 Å². The zero-order valence-electron chi connectivity index (χ0n) is 13.7. The van der Waals surface area contributed by atoms with Crippen molar-refractivity contribution >= 4 is 34.6 Å². The molecule has 1 heterocycles. The minimum absolute atomic E-state index is 0.0468. The molecule has 0 bridgehead atoms. The van der Waals surface area contributed by atoms with Crippen molar-refractivity contribution in [2.75, 3.05) is 17.7 Å². The number of methoxy groups -OCH3 is 1. The minimum atomic E-state index is -0.466. The summed E-state index contributed by atoms with van der Waals surface area (Å²) in [6.45, 7) is 1.79. The summed E-state index contributed by atoms with van der Waals surface area (Å²) in [6, 6.07) is 13.7. The number of aromatic nitrogens is 2. The molecule has 2 N–H and O–H groups in total. The summed E-state index contributed by atoms with van der Waals surface area (Å²) in [5.41, 5.74) is 1.48. The van der Waals surface area contributed by atoms with Gasteiger partial charge in [-0.2, -0.15) is 0 Å². The molecule has 0 saturated carbocycles. The summed E-state index contributed by atoms with van der Waals surface area (Å²) in [7, 11) is 1.61. The Balaban J connectivity index is 1.83. The number of benzene rings is 2. The van der Waals surface area contributed by atoms with E-state index in [0.29, 0.717) is 23.1 Å².